The Balaban J connectivity index is 1.39. The smallest absolute Gasteiger partial charge is 0.289 e. The van der Waals surface area contributed by atoms with Gasteiger partial charge in [0.25, 0.3) is 11.7 Å². The molecular formula is C15H20N6O. The molecule has 0 bridgehead atoms. The molecule has 1 amide bonds. The van der Waals surface area contributed by atoms with Gasteiger partial charge in [0.15, 0.2) is 0 Å². The Morgan fingerprint density at radius 1 is 1.36 bits per heavy atom. The Labute approximate surface area is 128 Å². The van der Waals surface area contributed by atoms with E-state index in [1.54, 1.807) is 10.6 Å². The molecule has 1 saturated heterocycles. The number of likely N-dealkylation sites (tertiary alicyclic amines) is 1. The van der Waals surface area contributed by atoms with Gasteiger partial charge in [-0.3, -0.25) is 9.20 Å². The van der Waals surface area contributed by atoms with Crippen LogP contribution in [0.25, 0.3) is 5.78 Å². The van der Waals surface area contributed by atoms with Crippen molar-refractivity contribution in [2.24, 2.45) is 5.92 Å². The average molecular weight is 300 g/mol. The van der Waals surface area contributed by atoms with Crippen LogP contribution in [-0.4, -0.2) is 56.1 Å². The molecule has 7 heteroatoms. The van der Waals surface area contributed by atoms with E-state index >= 15 is 0 Å². The van der Waals surface area contributed by atoms with E-state index in [0.717, 1.165) is 24.7 Å². The molecule has 22 heavy (non-hydrogen) atoms. The van der Waals surface area contributed by atoms with Crippen molar-refractivity contribution in [2.45, 2.75) is 32.2 Å². The van der Waals surface area contributed by atoms with Crippen molar-refractivity contribution in [1.29, 1.82) is 0 Å². The fourth-order valence-corrected chi connectivity index (χ4v) is 3.15. The molecule has 1 N–H and O–H groups in total. The van der Waals surface area contributed by atoms with Gasteiger partial charge in [-0.05, 0) is 44.7 Å². The van der Waals surface area contributed by atoms with Crippen molar-refractivity contribution in [2.75, 3.05) is 19.6 Å². The lowest BCUT2D eigenvalue weighted by Gasteiger charge is -2.14. The van der Waals surface area contributed by atoms with Gasteiger partial charge in [-0.25, -0.2) is 4.98 Å². The van der Waals surface area contributed by atoms with E-state index < -0.39 is 0 Å². The molecule has 2 aromatic heterocycles. The number of nitrogens with zero attached hydrogens (tertiary/aromatic N) is 5. The van der Waals surface area contributed by atoms with Crippen LogP contribution in [0.2, 0.25) is 0 Å². The van der Waals surface area contributed by atoms with E-state index in [2.05, 4.69) is 25.4 Å². The summed E-state index contributed by atoms with van der Waals surface area (Å²) in [5.41, 5.74) is 0.859. The predicted octanol–water partition coefficient (Wildman–Crippen LogP) is 0.647. The predicted molar refractivity (Wildman–Crippen MR) is 80.6 cm³/mol. The van der Waals surface area contributed by atoms with Crippen LogP contribution in [0.1, 0.15) is 35.6 Å². The van der Waals surface area contributed by atoms with Crippen molar-refractivity contribution in [1.82, 2.24) is 29.8 Å². The zero-order valence-corrected chi connectivity index (χ0v) is 12.7. The minimum atomic E-state index is -0.178. The van der Waals surface area contributed by atoms with Crippen LogP contribution in [0, 0.1) is 12.8 Å². The minimum absolute atomic E-state index is 0.178. The van der Waals surface area contributed by atoms with E-state index in [0.29, 0.717) is 24.1 Å². The third kappa shape index (κ3) is 2.56. The first-order valence-corrected chi connectivity index (χ1v) is 7.91. The molecule has 4 rings (SSSR count). The van der Waals surface area contributed by atoms with Gasteiger partial charge < -0.3 is 10.2 Å². The van der Waals surface area contributed by atoms with Crippen molar-refractivity contribution in [3.63, 3.8) is 0 Å². The number of rotatable bonds is 4. The van der Waals surface area contributed by atoms with Gasteiger partial charge >= 0.3 is 0 Å². The van der Waals surface area contributed by atoms with Gasteiger partial charge in [0.2, 0.25) is 5.82 Å². The Morgan fingerprint density at radius 3 is 3.05 bits per heavy atom. The molecule has 1 aliphatic heterocycles. The molecule has 116 valence electrons. The van der Waals surface area contributed by atoms with Crippen LogP contribution in [0.15, 0.2) is 12.3 Å². The quantitative estimate of drug-likeness (QED) is 0.897. The van der Waals surface area contributed by atoms with Gasteiger partial charge in [-0.1, -0.05) is 0 Å². The van der Waals surface area contributed by atoms with Gasteiger partial charge in [0.05, 0.1) is 0 Å². The third-order valence-corrected chi connectivity index (χ3v) is 4.55. The fraction of sp³-hybridized carbons (Fsp3) is 0.600. The van der Waals surface area contributed by atoms with Crippen LogP contribution in [-0.2, 0) is 0 Å². The first kappa shape index (κ1) is 13.6. The van der Waals surface area contributed by atoms with Crippen molar-refractivity contribution < 1.29 is 4.79 Å². The highest BCUT2D eigenvalue weighted by Gasteiger charge is 2.34. The number of fused-ring (bicyclic) bond motifs is 1. The zero-order valence-electron chi connectivity index (χ0n) is 12.7. The second kappa shape index (κ2) is 5.31. The zero-order chi connectivity index (χ0) is 15.1. The number of aromatic nitrogens is 4. The Bertz CT molecular complexity index is 707. The van der Waals surface area contributed by atoms with E-state index in [1.165, 1.54) is 19.4 Å². The molecule has 0 aromatic carbocycles. The maximum absolute atomic E-state index is 12.3. The second-order valence-electron chi connectivity index (χ2n) is 6.35. The van der Waals surface area contributed by atoms with Crippen molar-refractivity contribution in [3.8, 4) is 0 Å². The summed E-state index contributed by atoms with van der Waals surface area (Å²) in [5.74, 6) is 1.14. The molecule has 2 fully saturated rings. The van der Waals surface area contributed by atoms with Crippen LogP contribution in [0.3, 0.4) is 0 Å². The number of carbonyl (C=O) groups is 1. The first-order valence-electron chi connectivity index (χ1n) is 7.91. The third-order valence-electron chi connectivity index (χ3n) is 4.55. The maximum atomic E-state index is 12.3. The minimum Gasteiger partial charge on any atom is -0.349 e. The Morgan fingerprint density at radius 2 is 2.23 bits per heavy atom. The molecular weight excluding hydrogens is 280 g/mol. The highest BCUT2D eigenvalue weighted by molar-refractivity contribution is 5.91. The molecule has 0 unspecified atom stereocenters. The van der Waals surface area contributed by atoms with Crippen LogP contribution >= 0.6 is 0 Å². The van der Waals surface area contributed by atoms with Gasteiger partial charge in [-0.2, -0.15) is 0 Å². The Kier molecular flexibility index (Phi) is 3.29. The molecule has 3 heterocycles. The van der Waals surface area contributed by atoms with Crippen LogP contribution in [0.5, 0.6) is 0 Å². The summed E-state index contributed by atoms with van der Waals surface area (Å²) >= 11 is 0. The molecule has 7 nitrogen and oxygen atoms in total. The van der Waals surface area contributed by atoms with Gasteiger partial charge in [0, 0.05) is 31.0 Å². The lowest BCUT2D eigenvalue weighted by Crippen LogP contribution is -2.32. The lowest BCUT2D eigenvalue weighted by atomic mass is 10.1. The monoisotopic (exact) mass is 300 g/mol. The highest BCUT2D eigenvalue weighted by Crippen LogP contribution is 2.31. The summed E-state index contributed by atoms with van der Waals surface area (Å²) in [4.78, 5) is 19.1. The number of hydrogen-bond acceptors (Lipinski definition) is 5. The number of carbonyl (C=O) groups excluding carboxylic acids is 1. The molecule has 2 aromatic rings. The van der Waals surface area contributed by atoms with E-state index in [1.807, 2.05) is 13.0 Å². The lowest BCUT2D eigenvalue weighted by molar-refractivity contribution is 0.0935. The van der Waals surface area contributed by atoms with E-state index in [-0.39, 0.29) is 5.91 Å². The first-order chi connectivity index (χ1) is 10.7. The number of aryl methyl sites for hydroxylation is 1. The maximum Gasteiger partial charge on any atom is 0.289 e. The summed E-state index contributed by atoms with van der Waals surface area (Å²) in [5, 5.41) is 10.9. The molecule has 0 radical (unpaired) electrons. The van der Waals surface area contributed by atoms with Crippen LogP contribution < -0.4 is 5.32 Å². The molecule has 2 aliphatic rings. The van der Waals surface area contributed by atoms with Gasteiger partial charge in [0.1, 0.15) is 0 Å². The van der Waals surface area contributed by atoms with Crippen molar-refractivity contribution in [3.05, 3.63) is 23.8 Å². The highest BCUT2D eigenvalue weighted by atomic mass is 16.2. The summed E-state index contributed by atoms with van der Waals surface area (Å²) in [7, 11) is 0. The van der Waals surface area contributed by atoms with Crippen LogP contribution in [0.4, 0.5) is 0 Å². The Hall–Kier alpha value is -2.02. The standard InChI is InChI=1S/C15H20N6O/c1-10-4-7-21-13(18-19-15(21)17-10)14(22)16-8-11-5-6-20(9-11)12-2-3-12/h4,7,11-12H,2-3,5-6,8-9H2,1H3,(H,16,22)/t11-/m1/s1. The SMILES string of the molecule is Cc1ccn2c(C(=O)NC[C@H]3CCN(C4CC4)C3)nnc2n1. The van der Waals surface area contributed by atoms with Crippen molar-refractivity contribution >= 4 is 11.7 Å². The summed E-state index contributed by atoms with van der Waals surface area (Å²) in [6, 6.07) is 2.66. The number of hydrogen-bond donors (Lipinski definition) is 1. The topological polar surface area (TPSA) is 75.4 Å². The van der Waals surface area contributed by atoms with Gasteiger partial charge in [-0.15, -0.1) is 10.2 Å². The van der Waals surface area contributed by atoms with E-state index in [9.17, 15) is 4.79 Å². The number of amides is 1. The second-order valence-corrected chi connectivity index (χ2v) is 6.35. The molecule has 1 atom stereocenters. The summed E-state index contributed by atoms with van der Waals surface area (Å²) in [6.45, 7) is 4.87. The number of nitrogens with one attached hydrogen (secondary N) is 1. The molecule has 1 aliphatic carbocycles. The largest absolute Gasteiger partial charge is 0.349 e. The van der Waals surface area contributed by atoms with E-state index in [4.69, 9.17) is 0 Å². The average Bonchev–Trinajstić information content (AvgIpc) is 3.10. The fourth-order valence-electron chi connectivity index (χ4n) is 3.15. The summed E-state index contributed by atoms with van der Waals surface area (Å²) < 4.78 is 1.63. The normalized spacial score (nSPS) is 22.3. The molecule has 1 saturated carbocycles. The molecule has 0 spiro atoms. The summed E-state index contributed by atoms with van der Waals surface area (Å²) in [6.07, 6.45) is 5.64.